The van der Waals surface area contributed by atoms with E-state index >= 15 is 0 Å². The predicted octanol–water partition coefficient (Wildman–Crippen LogP) is 3.21. The van der Waals surface area contributed by atoms with Crippen molar-refractivity contribution in [3.63, 3.8) is 0 Å². The summed E-state index contributed by atoms with van der Waals surface area (Å²) in [6.07, 6.45) is 3.40. The average Bonchev–Trinajstić information content (AvgIpc) is 3.04. The molecule has 3 aromatic rings. The zero-order valence-electron chi connectivity index (χ0n) is 12.4. The van der Waals surface area contributed by atoms with Gasteiger partial charge in [-0.15, -0.1) is 0 Å². The second-order valence-corrected chi connectivity index (χ2v) is 5.11. The number of carbonyl (C=O) groups excluding carboxylic acids is 1. The zero-order chi connectivity index (χ0) is 15.4. The molecule has 1 heterocycles. The maximum atomic E-state index is 12.5. The molecule has 0 spiro atoms. The van der Waals surface area contributed by atoms with Crippen LogP contribution in [-0.4, -0.2) is 22.7 Å². The number of amides is 1. The van der Waals surface area contributed by atoms with Crippen LogP contribution in [0.2, 0.25) is 0 Å². The molecular formula is C18H17N3O. The maximum Gasteiger partial charge on any atom is 0.261 e. The minimum absolute atomic E-state index is 0.0643. The van der Waals surface area contributed by atoms with Crippen molar-refractivity contribution in [1.82, 2.24) is 9.78 Å². The first-order chi connectivity index (χ1) is 10.7. The lowest BCUT2D eigenvalue weighted by Gasteiger charge is -2.15. The third kappa shape index (κ3) is 3.06. The van der Waals surface area contributed by atoms with Gasteiger partial charge in [-0.2, -0.15) is 5.10 Å². The summed E-state index contributed by atoms with van der Waals surface area (Å²) in [5, 5.41) is 4.28. The molecule has 0 saturated carbocycles. The van der Waals surface area contributed by atoms with Crippen molar-refractivity contribution in [3.8, 4) is 0 Å². The predicted molar refractivity (Wildman–Crippen MR) is 86.9 cm³/mol. The Morgan fingerprint density at radius 2 is 1.68 bits per heavy atom. The molecule has 110 valence electrons. The van der Waals surface area contributed by atoms with Gasteiger partial charge in [-0.05, 0) is 17.7 Å². The Kier molecular flexibility index (Phi) is 4.01. The summed E-state index contributed by atoms with van der Waals surface area (Å²) < 4.78 is 1.78. The van der Waals surface area contributed by atoms with E-state index in [0.29, 0.717) is 12.1 Å². The van der Waals surface area contributed by atoms with Crippen LogP contribution in [0.3, 0.4) is 0 Å². The van der Waals surface area contributed by atoms with E-state index in [9.17, 15) is 4.79 Å². The number of benzene rings is 2. The standard InChI is InChI=1S/C18H17N3O/c1-20(17-10-6-3-7-11-17)18(22)16-12-19-21(14-16)13-15-8-4-2-5-9-15/h2-12,14H,13H2,1H3. The Hall–Kier alpha value is -2.88. The average molecular weight is 291 g/mol. The van der Waals surface area contributed by atoms with E-state index in [1.165, 1.54) is 0 Å². The summed E-state index contributed by atoms with van der Waals surface area (Å²) in [5.41, 5.74) is 2.60. The van der Waals surface area contributed by atoms with Gasteiger partial charge in [0.1, 0.15) is 0 Å². The van der Waals surface area contributed by atoms with E-state index in [0.717, 1.165) is 11.3 Å². The largest absolute Gasteiger partial charge is 0.311 e. The lowest BCUT2D eigenvalue weighted by molar-refractivity contribution is 0.0993. The third-order valence-electron chi connectivity index (χ3n) is 3.52. The van der Waals surface area contributed by atoms with Crippen molar-refractivity contribution < 1.29 is 4.79 Å². The van der Waals surface area contributed by atoms with Gasteiger partial charge < -0.3 is 4.90 Å². The summed E-state index contributed by atoms with van der Waals surface area (Å²) >= 11 is 0. The van der Waals surface area contributed by atoms with E-state index in [1.54, 1.807) is 29.0 Å². The van der Waals surface area contributed by atoms with Gasteiger partial charge >= 0.3 is 0 Å². The molecule has 3 rings (SSSR count). The lowest BCUT2D eigenvalue weighted by Crippen LogP contribution is -2.25. The van der Waals surface area contributed by atoms with E-state index in [4.69, 9.17) is 0 Å². The Labute approximate surface area is 129 Å². The molecule has 0 atom stereocenters. The van der Waals surface area contributed by atoms with E-state index < -0.39 is 0 Å². The Bertz CT molecular complexity index is 750. The summed E-state index contributed by atoms with van der Waals surface area (Å²) in [7, 11) is 1.77. The molecular weight excluding hydrogens is 274 g/mol. The van der Waals surface area contributed by atoms with Crippen molar-refractivity contribution in [3.05, 3.63) is 84.2 Å². The number of hydrogen-bond acceptors (Lipinski definition) is 2. The fourth-order valence-corrected chi connectivity index (χ4v) is 2.29. The molecule has 0 bridgehead atoms. The first kappa shape index (κ1) is 14.1. The monoisotopic (exact) mass is 291 g/mol. The van der Waals surface area contributed by atoms with Crippen molar-refractivity contribution in [2.24, 2.45) is 0 Å². The number of para-hydroxylation sites is 1. The van der Waals surface area contributed by atoms with Crippen LogP contribution in [0.4, 0.5) is 5.69 Å². The van der Waals surface area contributed by atoms with E-state index in [-0.39, 0.29) is 5.91 Å². The van der Waals surface area contributed by atoms with Crippen molar-refractivity contribution in [1.29, 1.82) is 0 Å². The molecule has 1 aromatic heterocycles. The minimum Gasteiger partial charge on any atom is -0.311 e. The van der Waals surface area contributed by atoms with Crippen LogP contribution in [-0.2, 0) is 6.54 Å². The van der Waals surface area contributed by atoms with Gasteiger partial charge in [-0.25, -0.2) is 0 Å². The number of aromatic nitrogens is 2. The molecule has 0 aliphatic rings. The van der Waals surface area contributed by atoms with Gasteiger partial charge in [0, 0.05) is 18.9 Å². The molecule has 0 radical (unpaired) electrons. The topological polar surface area (TPSA) is 38.1 Å². The van der Waals surface area contributed by atoms with Crippen LogP contribution in [0.25, 0.3) is 0 Å². The van der Waals surface area contributed by atoms with E-state index in [1.807, 2.05) is 60.7 Å². The fourth-order valence-electron chi connectivity index (χ4n) is 2.29. The fraction of sp³-hybridized carbons (Fsp3) is 0.111. The number of carbonyl (C=O) groups is 1. The third-order valence-corrected chi connectivity index (χ3v) is 3.52. The summed E-state index contributed by atoms with van der Waals surface area (Å²) in [6.45, 7) is 0.656. The zero-order valence-corrected chi connectivity index (χ0v) is 12.4. The van der Waals surface area contributed by atoms with E-state index in [2.05, 4.69) is 5.10 Å². The highest BCUT2D eigenvalue weighted by atomic mass is 16.2. The summed E-state index contributed by atoms with van der Waals surface area (Å²) in [5.74, 6) is -0.0643. The quantitative estimate of drug-likeness (QED) is 0.740. The first-order valence-electron chi connectivity index (χ1n) is 7.13. The minimum atomic E-state index is -0.0643. The molecule has 0 saturated heterocycles. The van der Waals surface area contributed by atoms with Crippen LogP contribution in [0, 0.1) is 0 Å². The van der Waals surface area contributed by atoms with Gasteiger partial charge in [0.25, 0.3) is 5.91 Å². The Balaban J connectivity index is 1.74. The molecule has 4 heteroatoms. The number of nitrogens with zero attached hydrogens (tertiary/aromatic N) is 3. The molecule has 4 nitrogen and oxygen atoms in total. The molecule has 0 fully saturated rings. The molecule has 0 N–H and O–H groups in total. The Morgan fingerprint density at radius 3 is 2.36 bits per heavy atom. The summed E-state index contributed by atoms with van der Waals surface area (Å²) in [4.78, 5) is 14.1. The molecule has 2 aromatic carbocycles. The van der Waals surface area contributed by atoms with Crippen molar-refractivity contribution in [2.75, 3.05) is 11.9 Å². The van der Waals surface area contributed by atoms with Crippen LogP contribution < -0.4 is 4.90 Å². The van der Waals surface area contributed by atoms with Gasteiger partial charge in [-0.1, -0.05) is 48.5 Å². The van der Waals surface area contributed by atoms with Gasteiger partial charge in [0.2, 0.25) is 0 Å². The maximum absolute atomic E-state index is 12.5. The van der Waals surface area contributed by atoms with Crippen LogP contribution in [0.1, 0.15) is 15.9 Å². The van der Waals surface area contributed by atoms with Gasteiger partial charge in [0.05, 0.1) is 18.3 Å². The molecule has 1 amide bonds. The highest BCUT2D eigenvalue weighted by Gasteiger charge is 2.15. The Morgan fingerprint density at radius 1 is 1.05 bits per heavy atom. The molecule has 22 heavy (non-hydrogen) atoms. The molecule has 0 unspecified atom stereocenters. The van der Waals surface area contributed by atoms with Gasteiger partial charge in [-0.3, -0.25) is 9.48 Å². The van der Waals surface area contributed by atoms with Crippen molar-refractivity contribution >= 4 is 11.6 Å². The van der Waals surface area contributed by atoms with Crippen molar-refractivity contribution in [2.45, 2.75) is 6.54 Å². The second kappa shape index (κ2) is 6.26. The summed E-state index contributed by atoms with van der Waals surface area (Å²) in [6, 6.07) is 19.6. The van der Waals surface area contributed by atoms with Crippen LogP contribution in [0.5, 0.6) is 0 Å². The van der Waals surface area contributed by atoms with Crippen LogP contribution >= 0.6 is 0 Å². The number of rotatable bonds is 4. The van der Waals surface area contributed by atoms with Crippen LogP contribution in [0.15, 0.2) is 73.1 Å². The second-order valence-electron chi connectivity index (χ2n) is 5.11. The smallest absolute Gasteiger partial charge is 0.261 e. The highest BCUT2D eigenvalue weighted by Crippen LogP contribution is 2.14. The van der Waals surface area contributed by atoms with Gasteiger partial charge in [0.15, 0.2) is 0 Å². The number of anilines is 1. The lowest BCUT2D eigenvalue weighted by atomic mass is 10.2. The SMILES string of the molecule is CN(C(=O)c1cnn(Cc2ccccc2)c1)c1ccccc1. The number of hydrogen-bond donors (Lipinski definition) is 0. The first-order valence-corrected chi connectivity index (χ1v) is 7.13. The normalized spacial score (nSPS) is 10.4. The molecule has 0 aliphatic carbocycles. The highest BCUT2D eigenvalue weighted by molar-refractivity contribution is 6.05. The molecule has 0 aliphatic heterocycles.